The molecule has 1 saturated heterocycles. The van der Waals surface area contributed by atoms with Gasteiger partial charge in [0.15, 0.2) is 0 Å². The molecule has 0 aliphatic carbocycles. The van der Waals surface area contributed by atoms with Gasteiger partial charge >= 0.3 is 0 Å². The average molecular weight is 427 g/mol. The monoisotopic (exact) mass is 426 g/mol. The van der Waals surface area contributed by atoms with E-state index in [4.69, 9.17) is 0 Å². The number of hydrazine groups is 1. The number of fused-ring (bicyclic) bond motifs is 1. The van der Waals surface area contributed by atoms with Gasteiger partial charge in [0.05, 0.1) is 12.2 Å². The molecule has 2 heterocycles. The quantitative estimate of drug-likeness (QED) is 0.590. The van der Waals surface area contributed by atoms with Crippen molar-refractivity contribution in [1.82, 2.24) is 20.7 Å². The zero-order chi connectivity index (χ0) is 19.0. The van der Waals surface area contributed by atoms with Crippen LogP contribution in [-0.4, -0.2) is 16.6 Å². The van der Waals surface area contributed by atoms with E-state index in [0.717, 1.165) is 23.0 Å². The number of amides is 1. The van der Waals surface area contributed by atoms with Crippen molar-refractivity contribution < 1.29 is 4.79 Å². The maximum atomic E-state index is 12.6. The molecule has 0 bridgehead atoms. The first-order valence-electron chi connectivity index (χ1n) is 9.23. The molecular formula is C21H23BrN4O. The van der Waals surface area contributed by atoms with Crippen molar-refractivity contribution in [2.45, 2.75) is 39.0 Å². The van der Waals surface area contributed by atoms with E-state index in [1.807, 2.05) is 25.1 Å². The Bertz CT molecular complexity index is 997. The van der Waals surface area contributed by atoms with Gasteiger partial charge in [-0.2, -0.15) is 0 Å². The van der Waals surface area contributed by atoms with Gasteiger partial charge in [-0.3, -0.25) is 4.79 Å². The summed E-state index contributed by atoms with van der Waals surface area (Å²) in [6, 6.07) is 16.5. The van der Waals surface area contributed by atoms with Crippen molar-refractivity contribution in [2.24, 2.45) is 0 Å². The summed E-state index contributed by atoms with van der Waals surface area (Å²) in [7, 11) is 0. The molecule has 0 spiro atoms. The second kappa shape index (κ2) is 7.46. The van der Waals surface area contributed by atoms with Crippen LogP contribution in [0.4, 0.5) is 0 Å². The van der Waals surface area contributed by atoms with Gasteiger partial charge in [-0.15, -0.1) is 0 Å². The maximum absolute atomic E-state index is 12.6. The molecule has 5 nitrogen and oxygen atoms in total. The molecule has 1 fully saturated rings. The van der Waals surface area contributed by atoms with E-state index in [9.17, 15) is 4.79 Å². The molecule has 2 unspecified atom stereocenters. The van der Waals surface area contributed by atoms with Crippen molar-refractivity contribution >= 4 is 32.7 Å². The van der Waals surface area contributed by atoms with Crippen LogP contribution in [0.5, 0.6) is 0 Å². The molecule has 6 heteroatoms. The number of benzene rings is 2. The molecule has 0 saturated carbocycles. The van der Waals surface area contributed by atoms with E-state index >= 15 is 0 Å². The largest absolute Gasteiger partial charge is 0.343 e. The molecule has 3 N–H and O–H groups in total. The van der Waals surface area contributed by atoms with Crippen LogP contribution in [0.25, 0.3) is 10.9 Å². The van der Waals surface area contributed by atoms with E-state index in [1.165, 1.54) is 16.6 Å². The molecule has 1 aliphatic heterocycles. The highest BCUT2D eigenvalue weighted by Crippen LogP contribution is 2.28. The van der Waals surface area contributed by atoms with Gasteiger partial charge in [0.25, 0.3) is 5.91 Å². The Labute approximate surface area is 167 Å². The number of nitrogens with zero attached hydrogens (tertiary/aromatic N) is 1. The summed E-state index contributed by atoms with van der Waals surface area (Å²) in [6.07, 6.45) is 0.667. The summed E-state index contributed by atoms with van der Waals surface area (Å²) >= 11 is 3.49. The first-order valence-corrected chi connectivity index (χ1v) is 10.0. The van der Waals surface area contributed by atoms with Gasteiger partial charge in [0.2, 0.25) is 0 Å². The van der Waals surface area contributed by atoms with Crippen LogP contribution >= 0.6 is 15.9 Å². The number of hydrogen-bond donors (Lipinski definition) is 3. The molecule has 3 aromatic rings. The fourth-order valence-electron chi connectivity index (χ4n) is 3.69. The van der Waals surface area contributed by atoms with Gasteiger partial charge in [-0.1, -0.05) is 40.2 Å². The van der Waals surface area contributed by atoms with Crippen LogP contribution in [0.15, 0.2) is 53.0 Å². The molecule has 2 atom stereocenters. The fourth-order valence-corrected chi connectivity index (χ4v) is 4.07. The number of nitrogens with one attached hydrogen (secondary N) is 3. The summed E-state index contributed by atoms with van der Waals surface area (Å²) in [5, 5.41) is 4.31. The van der Waals surface area contributed by atoms with E-state index in [1.54, 1.807) is 0 Å². The second-order valence-corrected chi connectivity index (χ2v) is 7.79. The van der Waals surface area contributed by atoms with Crippen molar-refractivity contribution in [3.63, 3.8) is 0 Å². The molecule has 27 heavy (non-hydrogen) atoms. The Morgan fingerprint density at radius 2 is 2.04 bits per heavy atom. The molecule has 1 aromatic heterocycles. The lowest BCUT2D eigenvalue weighted by Gasteiger charge is -2.14. The molecule has 0 radical (unpaired) electrons. The number of para-hydroxylation sites is 1. The first-order chi connectivity index (χ1) is 13.1. The highest BCUT2D eigenvalue weighted by molar-refractivity contribution is 9.10. The Balaban J connectivity index is 1.49. The zero-order valence-corrected chi connectivity index (χ0v) is 17.0. The lowest BCUT2D eigenvalue weighted by Crippen LogP contribution is -2.44. The van der Waals surface area contributed by atoms with Crippen LogP contribution in [0, 0.1) is 6.92 Å². The predicted octanol–water partition coefficient (Wildman–Crippen LogP) is 4.03. The SMILES string of the molecule is CCn1c(C2CC(NC(=O)c3ccc(C)c(Br)c3)NN2)cc2ccccc21. The zero-order valence-electron chi connectivity index (χ0n) is 15.4. The minimum atomic E-state index is -0.120. The summed E-state index contributed by atoms with van der Waals surface area (Å²) in [6.45, 7) is 5.08. The summed E-state index contributed by atoms with van der Waals surface area (Å²) < 4.78 is 3.27. The summed E-state index contributed by atoms with van der Waals surface area (Å²) in [5.74, 6) is -0.0771. The van der Waals surface area contributed by atoms with Crippen molar-refractivity contribution in [3.8, 4) is 0 Å². The normalized spacial score (nSPS) is 19.5. The van der Waals surface area contributed by atoms with E-state index in [2.05, 4.69) is 73.9 Å². The smallest absolute Gasteiger partial charge is 0.252 e. The number of aromatic nitrogens is 1. The standard InChI is InChI=1S/C21H23BrN4O/c1-3-26-18-7-5-4-6-14(18)11-19(26)17-12-20(25-24-17)23-21(27)15-9-8-13(2)16(22)10-15/h4-11,17,20,24-25H,3,12H2,1-2H3,(H,23,27). The topological polar surface area (TPSA) is 58.1 Å². The Morgan fingerprint density at radius 1 is 1.22 bits per heavy atom. The number of carbonyl (C=O) groups is 1. The number of halogens is 1. The highest BCUT2D eigenvalue weighted by Gasteiger charge is 2.29. The first kappa shape index (κ1) is 18.2. The lowest BCUT2D eigenvalue weighted by atomic mass is 10.1. The van der Waals surface area contributed by atoms with Crippen LogP contribution < -0.4 is 16.2 Å². The minimum absolute atomic E-state index is 0.0771. The second-order valence-electron chi connectivity index (χ2n) is 6.94. The van der Waals surface area contributed by atoms with Gasteiger partial charge < -0.3 is 9.88 Å². The number of rotatable bonds is 4. The van der Waals surface area contributed by atoms with E-state index in [0.29, 0.717) is 5.56 Å². The predicted molar refractivity (Wildman–Crippen MR) is 111 cm³/mol. The Kier molecular flexibility index (Phi) is 5.04. The number of hydrogen-bond acceptors (Lipinski definition) is 3. The summed E-state index contributed by atoms with van der Waals surface area (Å²) in [4.78, 5) is 12.6. The Morgan fingerprint density at radius 3 is 2.81 bits per heavy atom. The molecule has 140 valence electrons. The number of aryl methyl sites for hydroxylation is 2. The maximum Gasteiger partial charge on any atom is 0.252 e. The third-order valence-corrected chi connectivity index (χ3v) is 6.01. The average Bonchev–Trinajstić information content (AvgIpc) is 3.27. The van der Waals surface area contributed by atoms with E-state index < -0.39 is 0 Å². The third kappa shape index (κ3) is 3.52. The third-order valence-electron chi connectivity index (χ3n) is 5.16. The van der Waals surface area contributed by atoms with Gasteiger partial charge in [-0.05, 0) is 49.1 Å². The Hall–Kier alpha value is -2.15. The highest BCUT2D eigenvalue weighted by atomic mass is 79.9. The van der Waals surface area contributed by atoms with Crippen LogP contribution in [0.2, 0.25) is 0 Å². The molecule has 4 rings (SSSR count). The molecule has 1 aliphatic rings. The van der Waals surface area contributed by atoms with E-state index in [-0.39, 0.29) is 18.1 Å². The lowest BCUT2D eigenvalue weighted by molar-refractivity contribution is 0.0932. The molecular weight excluding hydrogens is 404 g/mol. The van der Waals surface area contributed by atoms with Gasteiger partial charge in [0, 0.05) is 34.2 Å². The van der Waals surface area contributed by atoms with Crippen LogP contribution in [0.1, 0.15) is 41.0 Å². The fraction of sp³-hybridized carbons (Fsp3) is 0.286. The van der Waals surface area contributed by atoms with Crippen LogP contribution in [-0.2, 0) is 6.54 Å². The van der Waals surface area contributed by atoms with Crippen molar-refractivity contribution in [3.05, 3.63) is 69.8 Å². The number of carbonyl (C=O) groups excluding carboxylic acids is 1. The van der Waals surface area contributed by atoms with Crippen molar-refractivity contribution in [2.75, 3.05) is 0 Å². The minimum Gasteiger partial charge on any atom is -0.343 e. The molecule has 2 aromatic carbocycles. The van der Waals surface area contributed by atoms with Gasteiger partial charge in [0.1, 0.15) is 0 Å². The van der Waals surface area contributed by atoms with Gasteiger partial charge in [-0.25, -0.2) is 10.9 Å². The summed E-state index contributed by atoms with van der Waals surface area (Å²) in [5.41, 5.74) is 10.8. The van der Waals surface area contributed by atoms with Crippen molar-refractivity contribution in [1.29, 1.82) is 0 Å². The molecule has 1 amide bonds. The van der Waals surface area contributed by atoms with Crippen LogP contribution in [0.3, 0.4) is 0 Å².